The molecular formula is C17H11BrClF2N3O2. The molecule has 1 fully saturated rings. The number of hydrogen-bond donors (Lipinski definition) is 1. The van der Waals surface area contributed by atoms with E-state index in [-0.39, 0.29) is 23.4 Å². The van der Waals surface area contributed by atoms with Gasteiger partial charge in [-0.2, -0.15) is 0 Å². The molecule has 1 atom stereocenters. The predicted molar refractivity (Wildman–Crippen MR) is 94.9 cm³/mol. The minimum Gasteiger partial charge on any atom is -0.478 e. The minimum absolute atomic E-state index is 0.0890. The number of carboxylic acids is 1. The Bertz CT molecular complexity index is 1050. The summed E-state index contributed by atoms with van der Waals surface area (Å²) in [6.07, 6.45) is 1.74. The van der Waals surface area contributed by atoms with Crippen LogP contribution in [-0.2, 0) is 6.42 Å². The van der Waals surface area contributed by atoms with Crippen LogP contribution in [0.5, 0.6) is 0 Å². The van der Waals surface area contributed by atoms with E-state index in [4.69, 9.17) is 16.7 Å². The van der Waals surface area contributed by atoms with Gasteiger partial charge in [-0.05, 0) is 34.1 Å². The molecule has 0 aliphatic heterocycles. The number of halogens is 4. The van der Waals surface area contributed by atoms with Gasteiger partial charge in [0.1, 0.15) is 5.82 Å². The van der Waals surface area contributed by atoms with E-state index in [1.807, 2.05) is 0 Å². The third-order valence-corrected chi connectivity index (χ3v) is 5.57. The molecule has 1 aromatic carbocycles. The Labute approximate surface area is 159 Å². The van der Waals surface area contributed by atoms with Gasteiger partial charge < -0.3 is 5.11 Å². The molecule has 0 radical (unpaired) electrons. The molecule has 9 heteroatoms. The number of aromatic nitrogens is 3. The van der Waals surface area contributed by atoms with E-state index in [9.17, 15) is 13.6 Å². The lowest BCUT2D eigenvalue weighted by atomic mass is 10.0. The molecule has 1 N–H and O–H groups in total. The molecule has 134 valence electrons. The molecule has 3 aromatic rings. The van der Waals surface area contributed by atoms with Crippen LogP contribution in [0.3, 0.4) is 0 Å². The summed E-state index contributed by atoms with van der Waals surface area (Å²) < 4.78 is 28.6. The maximum atomic E-state index is 13.2. The van der Waals surface area contributed by atoms with E-state index >= 15 is 0 Å². The molecule has 26 heavy (non-hydrogen) atoms. The van der Waals surface area contributed by atoms with Crippen molar-refractivity contribution in [3.63, 3.8) is 0 Å². The van der Waals surface area contributed by atoms with Crippen LogP contribution in [0.4, 0.5) is 8.78 Å². The van der Waals surface area contributed by atoms with Crippen LogP contribution >= 0.6 is 27.5 Å². The van der Waals surface area contributed by atoms with Crippen molar-refractivity contribution in [3.8, 4) is 11.1 Å². The average Bonchev–Trinajstić information content (AvgIpc) is 2.99. The maximum Gasteiger partial charge on any atom is 0.335 e. The zero-order valence-corrected chi connectivity index (χ0v) is 15.4. The van der Waals surface area contributed by atoms with Crippen molar-refractivity contribution < 1.29 is 18.7 Å². The first kappa shape index (κ1) is 17.4. The summed E-state index contributed by atoms with van der Waals surface area (Å²) in [7, 11) is 0. The Morgan fingerprint density at radius 1 is 1.35 bits per heavy atom. The molecular weight excluding hydrogens is 432 g/mol. The first-order chi connectivity index (χ1) is 12.3. The van der Waals surface area contributed by atoms with E-state index < -0.39 is 17.8 Å². The lowest BCUT2D eigenvalue weighted by Gasteiger charge is -2.09. The van der Waals surface area contributed by atoms with Gasteiger partial charge in [0.05, 0.1) is 10.0 Å². The lowest BCUT2D eigenvalue weighted by Crippen LogP contribution is -2.02. The Morgan fingerprint density at radius 2 is 2.08 bits per heavy atom. The first-order valence-electron chi connectivity index (χ1n) is 7.71. The Hall–Kier alpha value is -2.06. The SMILES string of the molecule is O=C(O)c1ccc(-c2ccn3c(CC4CC4(F)F)nnc3c2Br)c(Cl)c1. The zero-order valence-electron chi connectivity index (χ0n) is 13.1. The van der Waals surface area contributed by atoms with Crippen LogP contribution in [0.25, 0.3) is 16.8 Å². The quantitative estimate of drug-likeness (QED) is 0.635. The van der Waals surface area contributed by atoms with Crippen molar-refractivity contribution in [2.75, 3.05) is 0 Å². The zero-order chi connectivity index (χ0) is 18.6. The largest absolute Gasteiger partial charge is 0.478 e. The maximum absolute atomic E-state index is 13.2. The Kier molecular flexibility index (Phi) is 4.00. The summed E-state index contributed by atoms with van der Waals surface area (Å²) >= 11 is 9.71. The fourth-order valence-electron chi connectivity index (χ4n) is 2.90. The second-order valence-electron chi connectivity index (χ2n) is 6.22. The van der Waals surface area contributed by atoms with Crippen molar-refractivity contribution in [2.24, 2.45) is 5.92 Å². The summed E-state index contributed by atoms with van der Waals surface area (Å²) in [5.41, 5.74) is 1.91. The van der Waals surface area contributed by atoms with Crippen LogP contribution in [0.1, 0.15) is 22.6 Å². The van der Waals surface area contributed by atoms with E-state index in [0.717, 1.165) is 0 Å². The molecule has 4 rings (SSSR count). The monoisotopic (exact) mass is 441 g/mol. The molecule has 2 aromatic heterocycles. The van der Waals surface area contributed by atoms with Gasteiger partial charge in [-0.1, -0.05) is 17.7 Å². The van der Waals surface area contributed by atoms with Crippen LogP contribution < -0.4 is 0 Å². The topological polar surface area (TPSA) is 67.5 Å². The number of rotatable bonds is 4. The van der Waals surface area contributed by atoms with Gasteiger partial charge in [-0.15, -0.1) is 10.2 Å². The Morgan fingerprint density at radius 3 is 2.69 bits per heavy atom. The molecule has 0 spiro atoms. The van der Waals surface area contributed by atoms with E-state index in [1.54, 1.807) is 22.7 Å². The van der Waals surface area contributed by atoms with Crippen LogP contribution in [0.2, 0.25) is 5.02 Å². The van der Waals surface area contributed by atoms with Crippen LogP contribution in [0.15, 0.2) is 34.9 Å². The molecule has 1 aliphatic carbocycles. The van der Waals surface area contributed by atoms with Gasteiger partial charge in [0.25, 0.3) is 5.92 Å². The van der Waals surface area contributed by atoms with Gasteiger partial charge in [0, 0.05) is 41.1 Å². The number of pyridine rings is 1. The number of fused-ring (bicyclic) bond motifs is 1. The first-order valence-corrected chi connectivity index (χ1v) is 8.88. The van der Waals surface area contributed by atoms with E-state index in [2.05, 4.69) is 26.1 Å². The fraction of sp³-hybridized carbons (Fsp3) is 0.235. The second kappa shape index (κ2) is 5.99. The van der Waals surface area contributed by atoms with Crippen molar-refractivity contribution in [2.45, 2.75) is 18.8 Å². The van der Waals surface area contributed by atoms with Crippen LogP contribution in [-0.4, -0.2) is 31.6 Å². The summed E-state index contributed by atoms with van der Waals surface area (Å²) in [6, 6.07) is 6.21. The molecule has 0 amide bonds. The van der Waals surface area contributed by atoms with Gasteiger partial charge in [0.2, 0.25) is 0 Å². The second-order valence-corrected chi connectivity index (χ2v) is 7.42. The van der Waals surface area contributed by atoms with Crippen molar-refractivity contribution in [1.29, 1.82) is 0 Å². The number of hydrogen-bond acceptors (Lipinski definition) is 3. The number of carbonyl (C=O) groups is 1. The molecule has 0 saturated heterocycles. The smallest absolute Gasteiger partial charge is 0.335 e. The lowest BCUT2D eigenvalue weighted by molar-refractivity contribution is 0.0696. The Balaban J connectivity index is 1.74. The van der Waals surface area contributed by atoms with Crippen LogP contribution in [0, 0.1) is 5.92 Å². The summed E-state index contributed by atoms with van der Waals surface area (Å²) in [5, 5.41) is 17.5. The number of aromatic carboxylic acids is 1. The highest BCUT2D eigenvalue weighted by Crippen LogP contribution is 2.50. The highest BCUT2D eigenvalue weighted by molar-refractivity contribution is 9.10. The van der Waals surface area contributed by atoms with Crippen molar-refractivity contribution in [3.05, 3.63) is 51.3 Å². The third kappa shape index (κ3) is 2.87. The molecule has 1 unspecified atom stereocenters. The molecule has 5 nitrogen and oxygen atoms in total. The third-order valence-electron chi connectivity index (χ3n) is 4.48. The number of carboxylic acid groups (broad SMARTS) is 1. The number of benzene rings is 1. The molecule has 2 heterocycles. The van der Waals surface area contributed by atoms with Crippen molar-refractivity contribution in [1.82, 2.24) is 14.6 Å². The minimum atomic E-state index is -2.61. The number of nitrogens with zero attached hydrogens (tertiary/aromatic N) is 3. The fourth-order valence-corrected chi connectivity index (χ4v) is 3.80. The highest BCUT2D eigenvalue weighted by atomic mass is 79.9. The summed E-state index contributed by atoms with van der Waals surface area (Å²) in [5.74, 6) is -3.89. The van der Waals surface area contributed by atoms with Gasteiger partial charge >= 0.3 is 5.97 Å². The molecule has 1 saturated carbocycles. The summed E-state index contributed by atoms with van der Waals surface area (Å²) in [6.45, 7) is 0. The van der Waals surface area contributed by atoms with Gasteiger partial charge in [-0.3, -0.25) is 4.40 Å². The molecule has 1 aliphatic rings. The van der Waals surface area contributed by atoms with Gasteiger partial charge in [0.15, 0.2) is 5.65 Å². The average molecular weight is 443 g/mol. The van der Waals surface area contributed by atoms with Crippen molar-refractivity contribution >= 4 is 39.1 Å². The predicted octanol–water partition coefficient (Wildman–Crippen LogP) is 4.71. The number of alkyl halides is 2. The standard InChI is InChI=1S/C17H11BrClF2N3O2/c18-14-11(10-2-1-8(16(25)26)5-12(10)19)3-4-24-13(22-23-15(14)24)6-9-7-17(9,20)21/h1-5,9H,6-7H2,(H,25,26). The van der Waals surface area contributed by atoms with E-state index in [0.29, 0.717) is 27.1 Å². The van der Waals surface area contributed by atoms with E-state index in [1.165, 1.54) is 12.1 Å². The normalized spacial score (nSPS) is 18.2. The molecule has 0 bridgehead atoms. The summed E-state index contributed by atoms with van der Waals surface area (Å²) in [4.78, 5) is 11.0. The van der Waals surface area contributed by atoms with Gasteiger partial charge in [-0.25, -0.2) is 13.6 Å². The highest BCUT2D eigenvalue weighted by Gasteiger charge is 2.56.